The van der Waals surface area contributed by atoms with E-state index in [0.29, 0.717) is 16.1 Å². The van der Waals surface area contributed by atoms with E-state index in [0.717, 1.165) is 23.2 Å². The van der Waals surface area contributed by atoms with Gasteiger partial charge in [0.1, 0.15) is 0 Å². The largest absolute Gasteiger partial charge is 0.335 e. The topological polar surface area (TPSA) is 112 Å². The monoisotopic (exact) mass is 451 g/mol. The maximum Gasteiger partial charge on any atom is 0.239 e. The fourth-order valence-corrected chi connectivity index (χ4v) is 4.34. The lowest BCUT2D eigenvalue weighted by Crippen LogP contribution is -2.23. The number of hydrogen-bond acceptors (Lipinski definition) is 8. The first-order valence-electron chi connectivity index (χ1n) is 9.68. The summed E-state index contributed by atoms with van der Waals surface area (Å²) in [4.78, 5) is 21.3. The highest BCUT2D eigenvalue weighted by atomic mass is 32.2. The van der Waals surface area contributed by atoms with Gasteiger partial charge >= 0.3 is 0 Å². The zero-order chi connectivity index (χ0) is 21.8. The van der Waals surface area contributed by atoms with E-state index in [2.05, 4.69) is 44.5 Å². The lowest BCUT2D eigenvalue weighted by Gasteiger charge is -2.10. The Morgan fingerprint density at radius 2 is 2.03 bits per heavy atom. The number of nitrogen functional groups attached to an aromatic ring is 1. The van der Waals surface area contributed by atoms with Crippen molar-refractivity contribution in [1.29, 1.82) is 0 Å². The summed E-state index contributed by atoms with van der Waals surface area (Å²) in [5.74, 6) is 6.43. The van der Waals surface area contributed by atoms with Gasteiger partial charge in [0.25, 0.3) is 0 Å². The SMILES string of the molecule is CCc1ccc(-c2csc(NC(=O)[C@H](C)Sc3nnc(-c4cccnc4)n3N)n2)cc1. The number of carbonyl (C=O) groups is 1. The number of carbonyl (C=O) groups excluding carboxylic acids is 1. The molecule has 0 saturated carbocycles. The molecule has 0 aliphatic carbocycles. The van der Waals surface area contributed by atoms with Crippen molar-refractivity contribution in [2.45, 2.75) is 30.7 Å². The number of thiazole rings is 1. The molecule has 1 aromatic carbocycles. The number of anilines is 1. The molecule has 158 valence electrons. The molecule has 3 aromatic heterocycles. The molecule has 4 aromatic rings. The van der Waals surface area contributed by atoms with Crippen LogP contribution in [0.25, 0.3) is 22.6 Å². The third-order valence-corrected chi connectivity index (χ3v) is 6.44. The van der Waals surface area contributed by atoms with E-state index in [1.807, 2.05) is 23.6 Å². The number of aryl methyl sites for hydroxylation is 1. The highest BCUT2D eigenvalue weighted by Gasteiger charge is 2.21. The number of nitrogens with zero attached hydrogens (tertiary/aromatic N) is 5. The van der Waals surface area contributed by atoms with Gasteiger partial charge in [0, 0.05) is 28.9 Å². The van der Waals surface area contributed by atoms with Crippen LogP contribution in [0, 0.1) is 0 Å². The number of thioether (sulfide) groups is 1. The molecule has 0 fully saturated rings. The van der Waals surface area contributed by atoms with E-state index in [4.69, 9.17) is 5.84 Å². The predicted molar refractivity (Wildman–Crippen MR) is 124 cm³/mol. The number of aromatic nitrogens is 5. The summed E-state index contributed by atoms with van der Waals surface area (Å²) in [5.41, 5.74) is 3.89. The third kappa shape index (κ3) is 4.75. The quantitative estimate of drug-likeness (QED) is 0.324. The Hall–Kier alpha value is -3.24. The van der Waals surface area contributed by atoms with Gasteiger partial charge in [0.15, 0.2) is 11.0 Å². The van der Waals surface area contributed by atoms with Crippen LogP contribution in [0.4, 0.5) is 5.13 Å². The van der Waals surface area contributed by atoms with Crippen molar-refractivity contribution in [3.8, 4) is 22.6 Å². The van der Waals surface area contributed by atoms with E-state index in [1.54, 1.807) is 25.4 Å². The number of hydrogen-bond donors (Lipinski definition) is 2. The fourth-order valence-electron chi connectivity index (χ4n) is 2.84. The first-order chi connectivity index (χ1) is 15.0. The Morgan fingerprint density at radius 1 is 1.23 bits per heavy atom. The van der Waals surface area contributed by atoms with Crippen LogP contribution in [0.1, 0.15) is 19.4 Å². The second kappa shape index (κ2) is 9.27. The molecule has 1 amide bonds. The normalized spacial score (nSPS) is 11.9. The molecule has 3 heterocycles. The maximum atomic E-state index is 12.7. The third-order valence-electron chi connectivity index (χ3n) is 4.63. The molecule has 0 spiro atoms. The van der Waals surface area contributed by atoms with Crippen molar-refractivity contribution >= 4 is 34.1 Å². The number of amides is 1. The summed E-state index contributed by atoms with van der Waals surface area (Å²) in [5, 5.41) is 13.6. The molecule has 10 heteroatoms. The van der Waals surface area contributed by atoms with Crippen LogP contribution in [0.3, 0.4) is 0 Å². The van der Waals surface area contributed by atoms with Gasteiger partial charge in [0.2, 0.25) is 11.1 Å². The smallest absolute Gasteiger partial charge is 0.239 e. The number of nitrogens with one attached hydrogen (secondary N) is 1. The van der Waals surface area contributed by atoms with Crippen molar-refractivity contribution in [3.05, 3.63) is 59.7 Å². The first kappa shape index (κ1) is 21.0. The molecule has 0 bridgehead atoms. The van der Waals surface area contributed by atoms with Gasteiger partial charge in [-0.1, -0.05) is 43.0 Å². The van der Waals surface area contributed by atoms with Crippen LogP contribution in [0.5, 0.6) is 0 Å². The van der Waals surface area contributed by atoms with Crippen molar-refractivity contribution in [3.63, 3.8) is 0 Å². The molecule has 31 heavy (non-hydrogen) atoms. The molecule has 0 saturated heterocycles. The standard InChI is InChI=1S/C21H21N7OS2/c1-3-14-6-8-15(9-7-14)17-12-30-20(24-17)25-19(29)13(2)31-21-27-26-18(28(21)22)16-5-4-10-23-11-16/h4-13H,3,22H2,1-2H3,(H,24,25,29)/t13-/m0/s1. The van der Waals surface area contributed by atoms with Crippen LogP contribution >= 0.6 is 23.1 Å². The van der Waals surface area contributed by atoms with Crippen molar-refractivity contribution < 1.29 is 4.79 Å². The summed E-state index contributed by atoms with van der Waals surface area (Å²) in [7, 11) is 0. The van der Waals surface area contributed by atoms with E-state index in [1.165, 1.54) is 33.3 Å². The number of pyridine rings is 1. The molecule has 1 atom stereocenters. The van der Waals surface area contributed by atoms with Crippen molar-refractivity contribution in [2.24, 2.45) is 0 Å². The van der Waals surface area contributed by atoms with E-state index < -0.39 is 5.25 Å². The summed E-state index contributed by atoms with van der Waals surface area (Å²) >= 11 is 2.62. The van der Waals surface area contributed by atoms with E-state index in [-0.39, 0.29) is 5.91 Å². The Labute approximate surface area is 187 Å². The molecule has 0 aliphatic rings. The molecule has 3 N–H and O–H groups in total. The molecule has 0 aliphatic heterocycles. The minimum atomic E-state index is -0.440. The van der Waals surface area contributed by atoms with Gasteiger partial charge in [0.05, 0.1) is 10.9 Å². The van der Waals surface area contributed by atoms with Crippen LogP contribution in [0.15, 0.2) is 59.3 Å². The summed E-state index contributed by atoms with van der Waals surface area (Å²) < 4.78 is 1.37. The van der Waals surface area contributed by atoms with Crippen LogP contribution in [-0.4, -0.2) is 36.0 Å². The number of rotatable bonds is 7. The zero-order valence-corrected chi connectivity index (χ0v) is 18.7. The fraction of sp³-hybridized carbons (Fsp3) is 0.190. The van der Waals surface area contributed by atoms with Gasteiger partial charge in [-0.25, -0.2) is 9.66 Å². The molecular weight excluding hydrogens is 430 g/mol. The summed E-state index contributed by atoms with van der Waals surface area (Å²) in [6.07, 6.45) is 4.33. The van der Waals surface area contributed by atoms with Crippen LogP contribution < -0.4 is 11.2 Å². The lowest BCUT2D eigenvalue weighted by molar-refractivity contribution is -0.115. The van der Waals surface area contributed by atoms with E-state index >= 15 is 0 Å². The van der Waals surface area contributed by atoms with E-state index in [9.17, 15) is 4.79 Å². The van der Waals surface area contributed by atoms with Gasteiger partial charge < -0.3 is 11.2 Å². The average Bonchev–Trinajstić information content (AvgIpc) is 3.41. The van der Waals surface area contributed by atoms with Crippen molar-refractivity contribution in [2.75, 3.05) is 11.2 Å². The Balaban J connectivity index is 1.40. The molecule has 4 rings (SSSR count). The van der Waals surface area contributed by atoms with Crippen LogP contribution in [-0.2, 0) is 11.2 Å². The van der Waals surface area contributed by atoms with Gasteiger partial charge in [-0.3, -0.25) is 9.78 Å². The minimum Gasteiger partial charge on any atom is -0.335 e. The highest BCUT2D eigenvalue weighted by Crippen LogP contribution is 2.28. The molecular formula is C21H21N7OS2. The predicted octanol–water partition coefficient (Wildman–Crippen LogP) is 3.86. The molecule has 8 nitrogen and oxygen atoms in total. The average molecular weight is 452 g/mol. The molecule has 0 radical (unpaired) electrons. The second-order valence-corrected chi connectivity index (χ2v) is 8.92. The molecule has 0 unspecified atom stereocenters. The first-order valence-corrected chi connectivity index (χ1v) is 11.4. The minimum absolute atomic E-state index is 0.182. The van der Waals surface area contributed by atoms with Gasteiger partial charge in [-0.2, -0.15) is 0 Å². The highest BCUT2D eigenvalue weighted by molar-refractivity contribution is 8.00. The number of nitrogens with two attached hydrogens (primary N) is 1. The second-order valence-electron chi connectivity index (χ2n) is 6.76. The van der Waals surface area contributed by atoms with Gasteiger partial charge in [-0.15, -0.1) is 21.5 Å². The summed E-state index contributed by atoms with van der Waals surface area (Å²) in [6, 6.07) is 11.9. The van der Waals surface area contributed by atoms with Crippen molar-refractivity contribution in [1.82, 2.24) is 24.8 Å². The van der Waals surface area contributed by atoms with Crippen LogP contribution in [0.2, 0.25) is 0 Å². The Morgan fingerprint density at radius 3 is 2.74 bits per heavy atom. The zero-order valence-electron chi connectivity index (χ0n) is 17.0. The summed E-state index contributed by atoms with van der Waals surface area (Å²) in [6.45, 7) is 3.91. The Bertz CT molecular complexity index is 1170. The van der Waals surface area contributed by atoms with Gasteiger partial charge in [-0.05, 0) is 31.0 Å². The Kier molecular flexibility index (Phi) is 6.28. The maximum absolute atomic E-state index is 12.7. The lowest BCUT2D eigenvalue weighted by atomic mass is 10.1. The number of benzene rings is 1.